The fourth-order valence-electron chi connectivity index (χ4n) is 1.97. The molecule has 0 radical (unpaired) electrons. The van der Waals surface area contributed by atoms with Gasteiger partial charge in [-0.15, -0.1) is 24.0 Å². The minimum absolute atomic E-state index is 0. The number of aryl methyl sites for hydroxylation is 1. The molecule has 0 heterocycles. The number of benzene rings is 1. The maximum Gasteiger partial charge on any atom is 0.191 e. The van der Waals surface area contributed by atoms with Crippen molar-refractivity contribution in [3.8, 4) is 0 Å². The number of nitrogens with one attached hydrogen (secondary N) is 2. The van der Waals surface area contributed by atoms with E-state index in [-0.39, 0.29) is 24.0 Å². The van der Waals surface area contributed by atoms with Crippen LogP contribution >= 0.6 is 39.9 Å². The number of ether oxygens (including phenoxy) is 2. The topological polar surface area (TPSA) is 54.9 Å². The van der Waals surface area contributed by atoms with Crippen molar-refractivity contribution in [1.29, 1.82) is 0 Å². The average molecular weight is 514 g/mol. The van der Waals surface area contributed by atoms with Crippen LogP contribution in [0.2, 0.25) is 0 Å². The zero-order valence-electron chi connectivity index (χ0n) is 14.7. The van der Waals surface area contributed by atoms with Crippen molar-refractivity contribution >= 4 is 45.9 Å². The summed E-state index contributed by atoms with van der Waals surface area (Å²) in [5.41, 5.74) is 2.47. The van der Waals surface area contributed by atoms with E-state index in [1.165, 1.54) is 11.1 Å². The first-order valence-electron chi connectivity index (χ1n) is 8.01. The van der Waals surface area contributed by atoms with E-state index in [2.05, 4.69) is 63.6 Å². The summed E-state index contributed by atoms with van der Waals surface area (Å²) in [6.07, 6.45) is 0.936. The first kappa shape index (κ1) is 23.6. The van der Waals surface area contributed by atoms with E-state index in [0.717, 1.165) is 36.5 Å². The summed E-state index contributed by atoms with van der Waals surface area (Å²) in [6.45, 7) is 8.52. The van der Waals surface area contributed by atoms with E-state index in [4.69, 9.17) is 9.47 Å². The molecule has 0 aromatic heterocycles. The molecule has 7 heteroatoms. The van der Waals surface area contributed by atoms with Crippen LogP contribution < -0.4 is 10.6 Å². The van der Waals surface area contributed by atoms with Crippen LogP contribution in [0.1, 0.15) is 24.5 Å². The molecule has 1 aromatic rings. The van der Waals surface area contributed by atoms with Crippen molar-refractivity contribution in [2.45, 2.75) is 26.8 Å². The number of methoxy groups -OCH3 is 1. The second-order valence-electron chi connectivity index (χ2n) is 5.15. The number of hydrogen-bond donors (Lipinski definition) is 2. The lowest BCUT2D eigenvalue weighted by atomic mass is 10.1. The maximum atomic E-state index is 5.44. The quantitative estimate of drug-likeness (QED) is 0.218. The molecule has 0 aliphatic rings. The highest BCUT2D eigenvalue weighted by molar-refractivity contribution is 14.0. The normalized spacial score (nSPS) is 11.1. The summed E-state index contributed by atoms with van der Waals surface area (Å²) < 4.78 is 11.5. The Labute approximate surface area is 171 Å². The molecule has 0 spiro atoms. The van der Waals surface area contributed by atoms with Crippen molar-refractivity contribution in [3.63, 3.8) is 0 Å². The van der Waals surface area contributed by atoms with Gasteiger partial charge in [0.1, 0.15) is 0 Å². The van der Waals surface area contributed by atoms with Crippen molar-refractivity contribution in [2.75, 3.05) is 40.0 Å². The number of hydrogen-bond acceptors (Lipinski definition) is 3. The Bertz CT molecular complexity index is 487. The Morgan fingerprint density at radius 2 is 2.00 bits per heavy atom. The third-order valence-corrected chi connectivity index (χ3v) is 3.74. The Kier molecular flexibility index (Phi) is 14.7. The highest BCUT2D eigenvalue weighted by atomic mass is 127. The van der Waals surface area contributed by atoms with Crippen LogP contribution in [0.25, 0.3) is 0 Å². The Morgan fingerprint density at radius 1 is 1.21 bits per heavy atom. The van der Waals surface area contributed by atoms with Gasteiger partial charge in [0.2, 0.25) is 0 Å². The number of nitrogens with zero attached hydrogens (tertiary/aromatic N) is 1. The third-order valence-electron chi connectivity index (χ3n) is 3.25. The van der Waals surface area contributed by atoms with Crippen molar-refractivity contribution < 1.29 is 9.47 Å². The molecule has 1 aromatic carbocycles. The van der Waals surface area contributed by atoms with Crippen LogP contribution in [0.4, 0.5) is 0 Å². The van der Waals surface area contributed by atoms with E-state index in [9.17, 15) is 0 Å². The van der Waals surface area contributed by atoms with Crippen LogP contribution in [0.3, 0.4) is 0 Å². The second kappa shape index (κ2) is 14.9. The molecule has 0 atom stereocenters. The first-order valence-corrected chi connectivity index (χ1v) is 8.80. The summed E-state index contributed by atoms with van der Waals surface area (Å²) in [6, 6.07) is 6.27. The van der Waals surface area contributed by atoms with E-state index in [1.54, 1.807) is 7.11 Å². The van der Waals surface area contributed by atoms with Gasteiger partial charge in [0.05, 0.1) is 19.8 Å². The van der Waals surface area contributed by atoms with Gasteiger partial charge in [-0.05, 0) is 43.5 Å². The molecule has 1 rings (SSSR count). The summed E-state index contributed by atoms with van der Waals surface area (Å²) in [7, 11) is 1.68. The molecule has 5 nitrogen and oxygen atoms in total. The first-order chi connectivity index (χ1) is 11.2. The van der Waals surface area contributed by atoms with Crippen LogP contribution in [-0.2, 0) is 16.0 Å². The van der Waals surface area contributed by atoms with Gasteiger partial charge in [-0.2, -0.15) is 0 Å². The number of rotatable bonds is 10. The Morgan fingerprint density at radius 3 is 2.67 bits per heavy atom. The molecule has 0 aliphatic heterocycles. The van der Waals surface area contributed by atoms with Gasteiger partial charge in [0, 0.05) is 31.3 Å². The summed E-state index contributed by atoms with van der Waals surface area (Å²) in [4.78, 5) is 4.64. The summed E-state index contributed by atoms with van der Waals surface area (Å²) >= 11 is 3.49. The van der Waals surface area contributed by atoms with Crippen molar-refractivity contribution in [1.82, 2.24) is 10.6 Å². The highest BCUT2D eigenvalue weighted by Crippen LogP contribution is 2.16. The van der Waals surface area contributed by atoms with Crippen LogP contribution in [-0.4, -0.2) is 46.0 Å². The molecule has 0 fully saturated rings. The zero-order chi connectivity index (χ0) is 16.9. The average Bonchev–Trinajstić information content (AvgIpc) is 2.53. The maximum absolute atomic E-state index is 5.44. The van der Waals surface area contributed by atoms with E-state index < -0.39 is 0 Å². The predicted molar refractivity (Wildman–Crippen MR) is 114 cm³/mol. The van der Waals surface area contributed by atoms with E-state index in [0.29, 0.717) is 19.8 Å². The highest BCUT2D eigenvalue weighted by Gasteiger charge is 2.01. The van der Waals surface area contributed by atoms with Gasteiger partial charge in [-0.3, -0.25) is 0 Å². The lowest BCUT2D eigenvalue weighted by molar-refractivity contribution is 0.0698. The zero-order valence-corrected chi connectivity index (χ0v) is 18.6. The van der Waals surface area contributed by atoms with E-state index in [1.807, 2.05) is 0 Å². The number of halogens is 2. The SMILES string of the molecule is CCNC(=NCc1ccc(Br)cc1C)NCCCOCCOC.I. The monoisotopic (exact) mass is 513 g/mol. The van der Waals surface area contributed by atoms with E-state index >= 15 is 0 Å². The molecule has 2 N–H and O–H groups in total. The molecule has 138 valence electrons. The molecule has 0 amide bonds. The predicted octanol–water partition coefficient (Wildman–Crippen LogP) is 3.48. The fraction of sp³-hybridized carbons (Fsp3) is 0.588. The minimum atomic E-state index is 0. The summed E-state index contributed by atoms with van der Waals surface area (Å²) in [5.74, 6) is 0.840. The third kappa shape index (κ3) is 10.5. The molecular weight excluding hydrogens is 485 g/mol. The largest absolute Gasteiger partial charge is 0.382 e. The lowest BCUT2D eigenvalue weighted by Crippen LogP contribution is -2.38. The fourth-order valence-corrected chi connectivity index (χ4v) is 2.44. The molecule has 0 unspecified atom stereocenters. The van der Waals surface area contributed by atoms with Gasteiger partial charge < -0.3 is 20.1 Å². The van der Waals surface area contributed by atoms with Crippen molar-refractivity contribution in [2.24, 2.45) is 4.99 Å². The van der Waals surface area contributed by atoms with Crippen LogP contribution in [0, 0.1) is 6.92 Å². The molecule has 0 saturated heterocycles. The molecule has 24 heavy (non-hydrogen) atoms. The molecule has 0 aliphatic carbocycles. The smallest absolute Gasteiger partial charge is 0.191 e. The van der Waals surface area contributed by atoms with Gasteiger partial charge in [-0.1, -0.05) is 22.0 Å². The number of guanidine groups is 1. The standard InChI is InChI=1S/C17H28BrN3O2.HI/c1-4-19-17(20-8-5-9-23-11-10-22-3)21-13-15-6-7-16(18)12-14(15)2;/h6-7,12H,4-5,8-11,13H2,1-3H3,(H2,19,20,21);1H. The molecule has 0 saturated carbocycles. The summed E-state index contributed by atoms with van der Waals surface area (Å²) in [5, 5.41) is 6.59. The minimum Gasteiger partial charge on any atom is -0.382 e. The molecular formula is C17H29BrIN3O2. The van der Waals surface area contributed by atoms with Gasteiger partial charge in [0.25, 0.3) is 0 Å². The Balaban J connectivity index is 0.00000529. The lowest BCUT2D eigenvalue weighted by Gasteiger charge is -2.12. The second-order valence-corrected chi connectivity index (χ2v) is 6.07. The number of aliphatic imine (C=N–C) groups is 1. The van der Waals surface area contributed by atoms with Gasteiger partial charge in [-0.25, -0.2) is 4.99 Å². The van der Waals surface area contributed by atoms with Gasteiger partial charge >= 0.3 is 0 Å². The van der Waals surface area contributed by atoms with Crippen LogP contribution in [0.5, 0.6) is 0 Å². The van der Waals surface area contributed by atoms with Crippen LogP contribution in [0.15, 0.2) is 27.7 Å². The van der Waals surface area contributed by atoms with Crippen molar-refractivity contribution in [3.05, 3.63) is 33.8 Å². The molecule has 0 bridgehead atoms. The van der Waals surface area contributed by atoms with Gasteiger partial charge in [0.15, 0.2) is 5.96 Å². The Hall–Kier alpha value is -0.380.